The number of amides is 3. The first-order chi connectivity index (χ1) is 12.8. The van der Waals surface area contributed by atoms with Crippen molar-refractivity contribution in [2.75, 3.05) is 24.8 Å². The molecule has 0 aliphatic heterocycles. The molecule has 2 aromatic carbocycles. The summed E-state index contributed by atoms with van der Waals surface area (Å²) in [7, 11) is 3.30. The maximum Gasteiger partial charge on any atom is 0.322 e. The van der Waals surface area contributed by atoms with E-state index in [1.165, 1.54) is 25.1 Å². The van der Waals surface area contributed by atoms with E-state index in [-0.39, 0.29) is 23.7 Å². The van der Waals surface area contributed by atoms with E-state index in [9.17, 15) is 14.0 Å². The predicted molar refractivity (Wildman–Crippen MR) is 104 cm³/mol. The van der Waals surface area contributed by atoms with Crippen molar-refractivity contribution in [3.05, 3.63) is 53.8 Å². The summed E-state index contributed by atoms with van der Waals surface area (Å²) >= 11 is 0. The summed E-state index contributed by atoms with van der Waals surface area (Å²) in [5, 5.41) is 5.13. The molecule has 0 aliphatic carbocycles. The third-order valence-electron chi connectivity index (χ3n) is 4.20. The fourth-order valence-electron chi connectivity index (χ4n) is 2.80. The molecule has 0 fully saturated rings. The highest BCUT2D eigenvalue weighted by atomic mass is 19.1. The summed E-state index contributed by atoms with van der Waals surface area (Å²) in [6.07, 6.45) is 0.719. The Morgan fingerprint density at radius 3 is 2.37 bits per heavy atom. The van der Waals surface area contributed by atoms with Gasteiger partial charge in [0, 0.05) is 19.7 Å². The number of rotatable bonds is 6. The Hall–Kier alpha value is -3.09. The Balaban J connectivity index is 2.14. The molecule has 144 valence electrons. The van der Waals surface area contributed by atoms with Gasteiger partial charge in [0.15, 0.2) is 0 Å². The van der Waals surface area contributed by atoms with Gasteiger partial charge < -0.3 is 20.3 Å². The highest BCUT2D eigenvalue weighted by Gasteiger charge is 2.20. The highest BCUT2D eigenvalue weighted by Crippen LogP contribution is 2.26. The molecule has 6 nitrogen and oxygen atoms in total. The van der Waals surface area contributed by atoms with E-state index in [0.29, 0.717) is 5.69 Å². The van der Waals surface area contributed by atoms with Crippen LogP contribution in [0, 0.1) is 5.82 Å². The van der Waals surface area contributed by atoms with Gasteiger partial charge in [-0.2, -0.15) is 0 Å². The van der Waals surface area contributed by atoms with Crippen LogP contribution in [-0.4, -0.2) is 31.0 Å². The maximum absolute atomic E-state index is 13.7. The molecule has 0 bridgehead atoms. The van der Waals surface area contributed by atoms with Crippen LogP contribution in [0.3, 0.4) is 0 Å². The normalized spacial score (nSPS) is 11.4. The standard InChI is InChI=1S/C20H24FN3O3/c1-5-19(14-6-9-16(27-4)10-7-14)24(3)20(26)23-15-8-11-17(21)18(12-15)22-13(2)25/h6-12,19H,5H2,1-4H3,(H,22,25)(H,23,26). The second-order valence-corrected chi connectivity index (χ2v) is 6.11. The first-order valence-electron chi connectivity index (χ1n) is 8.60. The minimum absolute atomic E-state index is 0.0187. The number of anilines is 2. The second kappa shape index (κ2) is 9.02. The molecule has 1 atom stereocenters. The van der Waals surface area contributed by atoms with Crippen LogP contribution in [0.4, 0.5) is 20.6 Å². The number of carbonyl (C=O) groups is 2. The average Bonchev–Trinajstić information content (AvgIpc) is 2.65. The molecule has 2 rings (SSSR count). The summed E-state index contributed by atoms with van der Waals surface area (Å²) in [6.45, 7) is 3.28. The summed E-state index contributed by atoms with van der Waals surface area (Å²) in [4.78, 5) is 25.4. The predicted octanol–water partition coefficient (Wildman–Crippen LogP) is 4.41. The van der Waals surface area contributed by atoms with E-state index in [0.717, 1.165) is 17.7 Å². The summed E-state index contributed by atoms with van der Waals surface area (Å²) in [5.41, 5.74) is 1.39. The van der Waals surface area contributed by atoms with Crippen molar-refractivity contribution in [2.45, 2.75) is 26.3 Å². The van der Waals surface area contributed by atoms with Crippen LogP contribution in [0.15, 0.2) is 42.5 Å². The lowest BCUT2D eigenvalue weighted by Gasteiger charge is -2.28. The lowest BCUT2D eigenvalue weighted by molar-refractivity contribution is -0.114. The van der Waals surface area contributed by atoms with Gasteiger partial charge in [-0.25, -0.2) is 9.18 Å². The van der Waals surface area contributed by atoms with Crippen molar-refractivity contribution < 1.29 is 18.7 Å². The van der Waals surface area contributed by atoms with Gasteiger partial charge in [0.25, 0.3) is 0 Å². The molecule has 0 aliphatic rings. The van der Waals surface area contributed by atoms with Gasteiger partial charge >= 0.3 is 6.03 Å². The molecule has 0 saturated carbocycles. The molecule has 3 amide bonds. The zero-order chi connectivity index (χ0) is 20.0. The summed E-state index contributed by atoms with van der Waals surface area (Å²) in [5.74, 6) is -0.209. The van der Waals surface area contributed by atoms with E-state index < -0.39 is 5.82 Å². The zero-order valence-electron chi connectivity index (χ0n) is 15.9. The smallest absolute Gasteiger partial charge is 0.322 e. The minimum atomic E-state index is -0.568. The summed E-state index contributed by atoms with van der Waals surface area (Å²) in [6, 6.07) is 11.1. The molecule has 1 unspecified atom stereocenters. The van der Waals surface area contributed by atoms with Crippen molar-refractivity contribution in [1.82, 2.24) is 4.90 Å². The number of urea groups is 1. The van der Waals surface area contributed by atoms with E-state index in [2.05, 4.69) is 10.6 Å². The lowest BCUT2D eigenvalue weighted by Crippen LogP contribution is -2.34. The molecule has 27 heavy (non-hydrogen) atoms. The molecule has 0 saturated heterocycles. The van der Waals surface area contributed by atoms with Crippen LogP contribution < -0.4 is 15.4 Å². The topological polar surface area (TPSA) is 70.7 Å². The molecule has 0 heterocycles. The SMILES string of the molecule is CCC(c1ccc(OC)cc1)N(C)C(=O)Nc1ccc(F)c(NC(C)=O)c1. The molecule has 2 aromatic rings. The number of halogens is 1. The third-order valence-corrected chi connectivity index (χ3v) is 4.20. The highest BCUT2D eigenvalue weighted by molar-refractivity contribution is 5.92. The monoisotopic (exact) mass is 373 g/mol. The van der Waals surface area contributed by atoms with Crippen molar-refractivity contribution in [1.29, 1.82) is 0 Å². The largest absolute Gasteiger partial charge is 0.497 e. The van der Waals surface area contributed by atoms with Crippen LogP contribution in [-0.2, 0) is 4.79 Å². The Kier molecular flexibility index (Phi) is 6.76. The Morgan fingerprint density at radius 1 is 1.15 bits per heavy atom. The van der Waals surface area contributed by atoms with E-state index in [1.807, 2.05) is 31.2 Å². The number of nitrogens with one attached hydrogen (secondary N) is 2. The fraction of sp³-hybridized carbons (Fsp3) is 0.300. The van der Waals surface area contributed by atoms with Crippen molar-refractivity contribution >= 4 is 23.3 Å². The van der Waals surface area contributed by atoms with Crippen molar-refractivity contribution in [3.63, 3.8) is 0 Å². The summed E-state index contributed by atoms with van der Waals surface area (Å²) < 4.78 is 18.9. The Bertz CT molecular complexity index is 809. The number of ether oxygens (including phenoxy) is 1. The zero-order valence-corrected chi connectivity index (χ0v) is 15.9. The van der Waals surface area contributed by atoms with Crippen molar-refractivity contribution in [3.8, 4) is 5.75 Å². The maximum atomic E-state index is 13.7. The van der Waals surface area contributed by atoms with E-state index in [4.69, 9.17) is 4.74 Å². The average molecular weight is 373 g/mol. The van der Waals surface area contributed by atoms with Gasteiger partial charge in [-0.3, -0.25) is 4.79 Å². The van der Waals surface area contributed by atoms with Gasteiger partial charge in [0.2, 0.25) is 5.91 Å². The van der Waals surface area contributed by atoms with E-state index in [1.54, 1.807) is 19.1 Å². The number of carbonyl (C=O) groups excluding carboxylic acids is 2. The van der Waals surface area contributed by atoms with Crippen molar-refractivity contribution in [2.24, 2.45) is 0 Å². The molecule has 0 spiro atoms. The van der Waals surface area contributed by atoms with Gasteiger partial charge in [-0.05, 0) is 42.3 Å². The number of hydrogen-bond acceptors (Lipinski definition) is 3. The fourth-order valence-corrected chi connectivity index (χ4v) is 2.80. The number of hydrogen-bond donors (Lipinski definition) is 2. The number of nitrogens with zero attached hydrogens (tertiary/aromatic N) is 1. The number of methoxy groups -OCH3 is 1. The first kappa shape index (κ1) is 20.2. The second-order valence-electron chi connectivity index (χ2n) is 6.11. The number of benzene rings is 2. The molecule has 0 radical (unpaired) electrons. The van der Waals surface area contributed by atoms with Crippen LogP contribution in [0.1, 0.15) is 31.9 Å². The molecular formula is C20H24FN3O3. The Morgan fingerprint density at radius 2 is 1.81 bits per heavy atom. The quantitative estimate of drug-likeness (QED) is 0.788. The van der Waals surface area contributed by atoms with Gasteiger partial charge in [0.05, 0.1) is 18.8 Å². The van der Waals surface area contributed by atoms with Crippen LogP contribution in [0.2, 0.25) is 0 Å². The van der Waals surface area contributed by atoms with Crippen LogP contribution in [0.5, 0.6) is 5.75 Å². The van der Waals surface area contributed by atoms with E-state index >= 15 is 0 Å². The van der Waals surface area contributed by atoms with Gasteiger partial charge in [0.1, 0.15) is 11.6 Å². The third kappa shape index (κ3) is 5.20. The Labute approximate surface area is 158 Å². The van der Waals surface area contributed by atoms with Crippen LogP contribution >= 0.6 is 0 Å². The molecule has 2 N–H and O–H groups in total. The minimum Gasteiger partial charge on any atom is -0.497 e. The first-order valence-corrected chi connectivity index (χ1v) is 8.60. The van der Waals surface area contributed by atoms with Gasteiger partial charge in [-0.1, -0.05) is 19.1 Å². The molecular weight excluding hydrogens is 349 g/mol. The van der Waals surface area contributed by atoms with Gasteiger partial charge in [-0.15, -0.1) is 0 Å². The molecule has 7 heteroatoms. The molecule has 0 aromatic heterocycles. The van der Waals surface area contributed by atoms with Crippen LogP contribution in [0.25, 0.3) is 0 Å². The lowest BCUT2D eigenvalue weighted by atomic mass is 10.0.